The highest BCUT2D eigenvalue weighted by Gasteiger charge is 2.46. The zero-order valence-electron chi connectivity index (χ0n) is 35.7. The number of hydrogen-bond donors (Lipinski definition) is 4. The number of carbonyl (C=O) groups is 2. The minimum absolute atomic E-state index is 0.140. The van der Waals surface area contributed by atoms with E-state index in [9.17, 15) is 37.9 Å². The molecule has 13 heteroatoms. The molecule has 12 nitrogen and oxygen atoms in total. The molecule has 0 aromatic heterocycles. The van der Waals surface area contributed by atoms with Crippen molar-refractivity contribution in [1.82, 2.24) is 0 Å². The summed E-state index contributed by atoms with van der Waals surface area (Å²) in [4.78, 5) is 25.3. The van der Waals surface area contributed by atoms with Crippen molar-refractivity contribution in [3.05, 3.63) is 12.2 Å². The second-order valence-corrected chi connectivity index (χ2v) is 17.6. The van der Waals surface area contributed by atoms with Gasteiger partial charge < -0.3 is 34.3 Å². The van der Waals surface area contributed by atoms with Crippen molar-refractivity contribution < 1.29 is 56.8 Å². The van der Waals surface area contributed by atoms with Crippen molar-refractivity contribution in [3.63, 3.8) is 0 Å². The van der Waals surface area contributed by atoms with Crippen molar-refractivity contribution in [2.45, 2.75) is 237 Å². The van der Waals surface area contributed by atoms with E-state index in [1.165, 1.54) is 128 Å². The number of aliphatic hydroxyl groups excluding tert-OH is 3. The fourth-order valence-corrected chi connectivity index (χ4v) is 7.74. The lowest BCUT2D eigenvalue weighted by Gasteiger charge is -2.40. The highest BCUT2D eigenvalue weighted by molar-refractivity contribution is 7.85. The lowest BCUT2D eigenvalue weighted by Crippen LogP contribution is -2.60. The standard InChI is InChI=1S/C44H82O12S/c1-3-5-7-9-11-13-15-17-19-21-22-24-26-28-30-32-39(45)53-34-37(35-54-44-43(49)42(48)41(47)38(56-44)36-57(50,51)52)55-40(46)33-31-29-27-25-23-20-18-16-14-12-10-8-6-4-2/h26,28,37-38,41-44,47-49H,3-25,27,29-36H2,1-2H3,(H,50,51,52)/b28-26+/t37-,38-,41-,42?,43?,44+/m1/s1. The molecule has 57 heavy (non-hydrogen) atoms. The topological polar surface area (TPSA) is 186 Å². The van der Waals surface area contributed by atoms with Crippen LogP contribution in [0.3, 0.4) is 0 Å². The Balaban J connectivity index is 2.46. The molecule has 2 unspecified atom stereocenters. The van der Waals surface area contributed by atoms with E-state index in [0.717, 1.165) is 32.1 Å². The number of carbonyl (C=O) groups excluding carboxylic acids is 2. The first-order chi connectivity index (χ1) is 27.5. The van der Waals surface area contributed by atoms with Gasteiger partial charge in [-0.15, -0.1) is 0 Å². The first-order valence-corrected chi connectivity index (χ1v) is 24.4. The van der Waals surface area contributed by atoms with Gasteiger partial charge in [-0.05, 0) is 25.7 Å². The average molecular weight is 835 g/mol. The molecule has 4 N–H and O–H groups in total. The molecular formula is C44H82O12S. The monoisotopic (exact) mass is 835 g/mol. The average Bonchev–Trinajstić information content (AvgIpc) is 3.17. The van der Waals surface area contributed by atoms with Gasteiger partial charge in [0, 0.05) is 12.8 Å². The molecule has 1 rings (SSSR count). The summed E-state index contributed by atoms with van der Waals surface area (Å²) in [7, 11) is -4.60. The lowest BCUT2D eigenvalue weighted by atomic mass is 10.00. The second kappa shape index (κ2) is 35.2. The van der Waals surface area contributed by atoms with Crippen molar-refractivity contribution >= 4 is 22.1 Å². The Morgan fingerprint density at radius 1 is 0.579 bits per heavy atom. The molecule has 0 bridgehead atoms. The van der Waals surface area contributed by atoms with Crippen LogP contribution in [0.25, 0.3) is 0 Å². The summed E-state index contributed by atoms with van der Waals surface area (Å²) in [6.07, 6.45) is 27.0. The number of ether oxygens (including phenoxy) is 4. The summed E-state index contributed by atoms with van der Waals surface area (Å²) < 4.78 is 54.0. The van der Waals surface area contributed by atoms with Gasteiger partial charge in [0.05, 0.1) is 6.61 Å². The summed E-state index contributed by atoms with van der Waals surface area (Å²) in [5.74, 6) is -2.03. The Labute approximate surface area is 346 Å². The van der Waals surface area contributed by atoms with Crippen LogP contribution in [0.2, 0.25) is 0 Å². The predicted octanol–water partition coefficient (Wildman–Crippen LogP) is 9.06. The number of hydrogen-bond acceptors (Lipinski definition) is 11. The molecule has 0 aromatic carbocycles. The van der Waals surface area contributed by atoms with Gasteiger partial charge in [-0.25, -0.2) is 0 Å². The summed E-state index contributed by atoms with van der Waals surface area (Å²) in [5.41, 5.74) is 0. The fraction of sp³-hybridized carbons (Fsp3) is 0.909. The van der Waals surface area contributed by atoms with Gasteiger partial charge in [-0.3, -0.25) is 14.1 Å². The minimum Gasteiger partial charge on any atom is -0.462 e. The van der Waals surface area contributed by atoms with Crippen LogP contribution in [-0.4, -0.2) is 96.0 Å². The molecule has 1 saturated heterocycles. The molecule has 0 saturated carbocycles. The zero-order chi connectivity index (χ0) is 42.0. The molecule has 336 valence electrons. The summed E-state index contributed by atoms with van der Waals surface area (Å²) >= 11 is 0. The molecule has 1 aliphatic rings. The van der Waals surface area contributed by atoms with Gasteiger partial charge in [0.15, 0.2) is 12.4 Å². The molecule has 0 aliphatic carbocycles. The molecular weight excluding hydrogens is 753 g/mol. The molecule has 1 aliphatic heterocycles. The summed E-state index contributed by atoms with van der Waals surface area (Å²) in [6.45, 7) is 3.74. The smallest absolute Gasteiger partial charge is 0.306 e. The van der Waals surface area contributed by atoms with Crippen LogP contribution < -0.4 is 0 Å². The van der Waals surface area contributed by atoms with Gasteiger partial charge >= 0.3 is 11.9 Å². The third-order valence-corrected chi connectivity index (χ3v) is 11.4. The number of unbranched alkanes of at least 4 members (excludes halogenated alkanes) is 24. The van der Waals surface area contributed by atoms with E-state index in [4.69, 9.17) is 18.9 Å². The van der Waals surface area contributed by atoms with E-state index in [-0.39, 0.29) is 19.4 Å². The summed E-state index contributed by atoms with van der Waals surface area (Å²) in [5, 5.41) is 30.8. The molecule has 1 heterocycles. The Bertz CT molecular complexity index is 1120. The first kappa shape index (κ1) is 53.4. The van der Waals surface area contributed by atoms with Crippen molar-refractivity contribution in [2.75, 3.05) is 19.0 Å². The Kier molecular flexibility index (Phi) is 33.0. The van der Waals surface area contributed by atoms with Crippen LogP contribution in [0, 0.1) is 0 Å². The SMILES string of the molecule is CCCCCCCCCCCCC/C=C/CCC(=O)OC[C@H](CO[C@H]1O[C@H](CS(=O)(=O)O)[C@@H](O)C(O)C1O)OC(=O)CCCCCCCCCCCCCCCC. The minimum atomic E-state index is -4.60. The summed E-state index contributed by atoms with van der Waals surface area (Å²) in [6, 6.07) is 0. The van der Waals surface area contributed by atoms with Crippen molar-refractivity contribution in [3.8, 4) is 0 Å². The zero-order valence-corrected chi connectivity index (χ0v) is 36.5. The number of esters is 2. The first-order valence-electron chi connectivity index (χ1n) is 22.7. The fourth-order valence-electron chi connectivity index (χ4n) is 7.05. The largest absolute Gasteiger partial charge is 0.462 e. The van der Waals surface area contributed by atoms with Crippen molar-refractivity contribution in [1.29, 1.82) is 0 Å². The van der Waals surface area contributed by atoms with Crippen LogP contribution in [0.15, 0.2) is 12.2 Å². The molecule has 0 amide bonds. The molecule has 1 fully saturated rings. The van der Waals surface area contributed by atoms with Crippen LogP contribution in [-0.2, 0) is 38.7 Å². The van der Waals surface area contributed by atoms with E-state index < -0.39 is 71.2 Å². The van der Waals surface area contributed by atoms with E-state index in [1.54, 1.807) is 0 Å². The number of rotatable bonds is 38. The number of allylic oxidation sites excluding steroid dienone is 2. The third kappa shape index (κ3) is 30.1. The van der Waals surface area contributed by atoms with E-state index >= 15 is 0 Å². The Morgan fingerprint density at radius 3 is 1.53 bits per heavy atom. The third-order valence-electron chi connectivity index (χ3n) is 10.6. The van der Waals surface area contributed by atoms with Gasteiger partial charge in [0.2, 0.25) is 0 Å². The Morgan fingerprint density at radius 2 is 1.04 bits per heavy atom. The highest BCUT2D eigenvalue weighted by atomic mass is 32.2. The normalized spacial score (nSPS) is 20.6. The lowest BCUT2D eigenvalue weighted by molar-refractivity contribution is -0.297. The maximum atomic E-state index is 12.8. The number of aliphatic hydroxyl groups is 3. The van der Waals surface area contributed by atoms with Crippen LogP contribution in [0.4, 0.5) is 0 Å². The van der Waals surface area contributed by atoms with Gasteiger partial charge in [-0.1, -0.05) is 174 Å². The van der Waals surface area contributed by atoms with E-state index in [2.05, 4.69) is 19.9 Å². The van der Waals surface area contributed by atoms with Crippen LogP contribution in [0.5, 0.6) is 0 Å². The van der Waals surface area contributed by atoms with Gasteiger partial charge in [0.1, 0.15) is 36.8 Å². The molecule has 6 atom stereocenters. The van der Waals surface area contributed by atoms with Crippen molar-refractivity contribution in [2.24, 2.45) is 0 Å². The predicted molar refractivity (Wildman–Crippen MR) is 224 cm³/mol. The van der Waals surface area contributed by atoms with Gasteiger partial charge in [-0.2, -0.15) is 8.42 Å². The quantitative estimate of drug-likeness (QED) is 0.0200. The molecule has 0 radical (unpaired) electrons. The van der Waals surface area contributed by atoms with Crippen LogP contribution in [0.1, 0.15) is 200 Å². The molecule has 0 spiro atoms. The maximum absolute atomic E-state index is 12.8. The van der Waals surface area contributed by atoms with E-state index in [1.807, 2.05) is 6.08 Å². The molecule has 0 aromatic rings. The van der Waals surface area contributed by atoms with E-state index in [0.29, 0.717) is 12.8 Å². The highest BCUT2D eigenvalue weighted by Crippen LogP contribution is 2.24. The Hall–Kier alpha value is -1.61. The maximum Gasteiger partial charge on any atom is 0.306 e. The van der Waals surface area contributed by atoms with Crippen LogP contribution >= 0.6 is 0 Å². The second-order valence-electron chi connectivity index (χ2n) is 16.1. The van der Waals surface area contributed by atoms with Gasteiger partial charge in [0.25, 0.3) is 10.1 Å².